The van der Waals surface area contributed by atoms with Crippen LogP contribution in [0.15, 0.2) is 58.3 Å². The Morgan fingerprint density at radius 2 is 1.84 bits per heavy atom. The smallest absolute Gasteiger partial charge is 0.137 e. The van der Waals surface area contributed by atoms with Crippen molar-refractivity contribution in [3.63, 3.8) is 0 Å². The van der Waals surface area contributed by atoms with Gasteiger partial charge in [0.2, 0.25) is 0 Å². The van der Waals surface area contributed by atoms with Gasteiger partial charge in [-0.05, 0) is 37.2 Å². The van der Waals surface area contributed by atoms with Gasteiger partial charge in [0.25, 0.3) is 0 Å². The summed E-state index contributed by atoms with van der Waals surface area (Å²) in [6.45, 7) is 4.99. The SMILES string of the molecule is CCNC(C)c1cccc(F)c1Sc1ccccc1. The van der Waals surface area contributed by atoms with E-state index < -0.39 is 0 Å². The van der Waals surface area contributed by atoms with Crippen molar-refractivity contribution in [3.05, 3.63) is 59.9 Å². The Balaban J connectivity index is 2.33. The molecule has 0 aromatic heterocycles. The highest BCUT2D eigenvalue weighted by molar-refractivity contribution is 7.99. The van der Waals surface area contributed by atoms with E-state index in [1.165, 1.54) is 17.8 Å². The van der Waals surface area contributed by atoms with Crippen LogP contribution in [0.5, 0.6) is 0 Å². The van der Waals surface area contributed by atoms with Crippen molar-refractivity contribution >= 4 is 11.8 Å². The highest BCUT2D eigenvalue weighted by atomic mass is 32.2. The predicted octanol–water partition coefficient (Wildman–Crippen LogP) is 4.65. The Morgan fingerprint density at radius 1 is 1.11 bits per heavy atom. The van der Waals surface area contributed by atoms with Crippen molar-refractivity contribution in [3.8, 4) is 0 Å². The molecule has 0 saturated heterocycles. The fourth-order valence-corrected chi connectivity index (χ4v) is 3.05. The normalized spacial score (nSPS) is 12.4. The minimum absolute atomic E-state index is 0.145. The minimum Gasteiger partial charge on any atom is -0.310 e. The molecule has 0 aliphatic rings. The Hall–Kier alpha value is -1.32. The maximum absolute atomic E-state index is 14.1. The largest absolute Gasteiger partial charge is 0.310 e. The first kappa shape index (κ1) is 14.1. The van der Waals surface area contributed by atoms with Gasteiger partial charge in [-0.25, -0.2) is 4.39 Å². The number of nitrogens with one attached hydrogen (secondary N) is 1. The van der Waals surface area contributed by atoms with Crippen LogP contribution in [0.25, 0.3) is 0 Å². The summed E-state index contributed by atoms with van der Waals surface area (Å²) in [4.78, 5) is 1.76. The van der Waals surface area contributed by atoms with Crippen LogP contribution in [0.4, 0.5) is 4.39 Å². The van der Waals surface area contributed by atoms with Crippen LogP contribution in [0.2, 0.25) is 0 Å². The molecule has 2 rings (SSSR count). The monoisotopic (exact) mass is 275 g/mol. The van der Waals surface area contributed by atoms with Crippen LogP contribution in [-0.2, 0) is 0 Å². The summed E-state index contributed by atoms with van der Waals surface area (Å²) in [5, 5.41) is 3.34. The number of hydrogen-bond donors (Lipinski definition) is 1. The second-order valence-corrected chi connectivity index (χ2v) is 5.44. The summed E-state index contributed by atoms with van der Waals surface area (Å²) in [6, 6.07) is 15.3. The molecule has 100 valence electrons. The number of hydrogen-bond acceptors (Lipinski definition) is 2. The minimum atomic E-state index is -0.156. The first-order valence-electron chi connectivity index (χ1n) is 6.47. The summed E-state index contributed by atoms with van der Waals surface area (Å²) in [7, 11) is 0. The van der Waals surface area contributed by atoms with Gasteiger partial charge in [-0.3, -0.25) is 0 Å². The zero-order chi connectivity index (χ0) is 13.7. The summed E-state index contributed by atoms with van der Waals surface area (Å²) in [5.41, 5.74) is 1.01. The Morgan fingerprint density at radius 3 is 2.53 bits per heavy atom. The molecule has 0 saturated carbocycles. The molecule has 0 amide bonds. The van der Waals surface area contributed by atoms with Crippen molar-refractivity contribution in [2.24, 2.45) is 0 Å². The Bertz CT molecular complexity index is 528. The third-order valence-corrected chi connectivity index (χ3v) is 4.08. The molecule has 19 heavy (non-hydrogen) atoms. The molecule has 1 N–H and O–H groups in total. The highest BCUT2D eigenvalue weighted by Gasteiger charge is 2.14. The number of rotatable bonds is 5. The topological polar surface area (TPSA) is 12.0 Å². The van der Waals surface area contributed by atoms with Crippen LogP contribution in [0.3, 0.4) is 0 Å². The van der Waals surface area contributed by atoms with Crippen molar-refractivity contribution in [2.75, 3.05) is 6.54 Å². The van der Waals surface area contributed by atoms with E-state index >= 15 is 0 Å². The van der Waals surface area contributed by atoms with E-state index in [0.717, 1.165) is 17.0 Å². The van der Waals surface area contributed by atoms with Crippen LogP contribution in [-0.4, -0.2) is 6.54 Å². The molecule has 0 spiro atoms. The van der Waals surface area contributed by atoms with Gasteiger partial charge in [-0.2, -0.15) is 0 Å². The lowest BCUT2D eigenvalue weighted by Crippen LogP contribution is -2.18. The molecule has 0 aliphatic heterocycles. The van der Waals surface area contributed by atoms with Crippen molar-refractivity contribution < 1.29 is 4.39 Å². The lowest BCUT2D eigenvalue weighted by Gasteiger charge is -2.17. The van der Waals surface area contributed by atoms with Crippen LogP contribution < -0.4 is 5.32 Å². The predicted molar refractivity (Wildman–Crippen MR) is 79.1 cm³/mol. The van der Waals surface area contributed by atoms with Crippen LogP contribution in [0, 0.1) is 5.82 Å². The van der Waals surface area contributed by atoms with Gasteiger partial charge < -0.3 is 5.32 Å². The fraction of sp³-hybridized carbons (Fsp3) is 0.250. The molecule has 3 heteroatoms. The molecule has 1 nitrogen and oxygen atoms in total. The summed E-state index contributed by atoms with van der Waals surface area (Å²) in [5.74, 6) is -0.156. The second-order valence-electron chi connectivity index (χ2n) is 4.35. The first-order valence-corrected chi connectivity index (χ1v) is 7.28. The third-order valence-electron chi connectivity index (χ3n) is 2.94. The van der Waals surface area contributed by atoms with E-state index in [1.54, 1.807) is 6.07 Å². The highest BCUT2D eigenvalue weighted by Crippen LogP contribution is 2.35. The Kier molecular flexibility index (Phi) is 5.00. The van der Waals surface area contributed by atoms with Crippen molar-refractivity contribution in [1.82, 2.24) is 5.32 Å². The molecule has 1 atom stereocenters. The van der Waals surface area contributed by atoms with E-state index in [9.17, 15) is 4.39 Å². The molecule has 2 aromatic rings. The summed E-state index contributed by atoms with van der Waals surface area (Å²) in [6.07, 6.45) is 0. The molecule has 0 radical (unpaired) electrons. The van der Waals surface area contributed by atoms with Gasteiger partial charge in [0.05, 0.1) is 4.90 Å². The maximum atomic E-state index is 14.1. The molecule has 1 unspecified atom stereocenters. The zero-order valence-electron chi connectivity index (χ0n) is 11.2. The van der Waals surface area contributed by atoms with E-state index in [4.69, 9.17) is 0 Å². The number of benzene rings is 2. The van der Waals surface area contributed by atoms with Gasteiger partial charge >= 0.3 is 0 Å². The van der Waals surface area contributed by atoms with Crippen molar-refractivity contribution in [2.45, 2.75) is 29.7 Å². The summed E-state index contributed by atoms with van der Waals surface area (Å²) < 4.78 is 14.1. The number of halogens is 1. The van der Waals surface area contributed by atoms with Gasteiger partial charge in [0.1, 0.15) is 5.82 Å². The van der Waals surface area contributed by atoms with Gasteiger partial charge in [-0.1, -0.05) is 49.0 Å². The van der Waals surface area contributed by atoms with E-state index in [1.807, 2.05) is 36.4 Å². The lowest BCUT2D eigenvalue weighted by atomic mass is 10.1. The molecule has 0 aliphatic carbocycles. The average Bonchev–Trinajstić information content (AvgIpc) is 2.42. The lowest BCUT2D eigenvalue weighted by molar-refractivity contribution is 0.558. The summed E-state index contributed by atoms with van der Waals surface area (Å²) >= 11 is 1.48. The molecular weight excluding hydrogens is 257 g/mol. The van der Waals surface area contributed by atoms with E-state index in [-0.39, 0.29) is 11.9 Å². The first-order chi connectivity index (χ1) is 9.22. The fourth-order valence-electron chi connectivity index (χ4n) is 2.00. The van der Waals surface area contributed by atoms with Gasteiger partial charge in [0.15, 0.2) is 0 Å². The maximum Gasteiger partial charge on any atom is 0.137 e. The molecule has 0 heterocycles. The van der Waals surface area contributed by atoms with Gasteiger partial charge in [0, 0.05) is 10.9 Å². The second kappa shape index (κ2) is 6.73. The molecular formula is C16H18FNS. The Labute approximate surface area is 118 Å². The van der Waals surface area contributed by atoms with Crippen LogP contribution >= 0.6 is 11.8 Å². The van der Waals surface area contributed by atoms with Crippen molar-refractivity contribution in [1.29, 1.82) is 0 Å². The van der Waals surface area contributed by atoms with E-state index in [2.05, 4.69) is 19.2 Å². The quantitative estimate of drug-likeness (QED) is 0.852. The van der Waals surface area contributed by atoms with E-state index in [0.29, 0.717) is 4.90 Å². The molecule has 2 aromatic carbocycles. The van der Waals surface area contributed by atoms with Crippen LogP contribution in [0.1, 0.15) is 25.5 Å². The molecule has 0 bridgehead atoms. The standard InChI is InChI=1S/C16H18FNS/c1-3-18-12(2)14-10-7-11-15(17)16(14)19-13-8-5-4-6-9-13/h4-12,18H,3H2,1-2H3. The average molecular weight is 275 g/mol. The van der Waals surface area contributed by atoms with Gasteiger partial charge in [-0.15, -0.1) is 0 Å². The molecule has 0 fully saturated rings. The third kappa shape index (κ3) is 3.58. The zero-order valence-corrected chi connectivity index (χ0v) is 12.0.